The average molecular weight is 448 g/mol. The zero-order valence-electron chi connectivity index (χ0n) is 19.7. The van der Waals surface area contributed by atoms with Gasteiger partial charge in [-0.1, -0.05) is 13.8 Å². The van der Waals surface area contributed by atoms with E-state index in [1.807, 2.05) is 0 Å². The Hall–Kier alpha value is -0.120. The monoisotopic (exact) mass is 447 g/mol. The van der Waals surface area contributed by atoms with Gasteiger partial charge in [-0.25, -0.2) is 0 Å². The van der Waals surface area contributed by atoms with Gasteiger partial charge in [-0.2, -0.15) is 0 Å². The Morgan fingerprint density at radius 2 is 1.74 bits per heavy atom. The van der Waals surface area contributed by atoms with Gasteiger partial charge in [-0.15, -0.1) is 11.6 Å². The fourth-order valence-corrected chi connectivity index (χ4v) is 10.6. The first-order valence-electron chi connectivity index (χ1n) is 13.3. The number of carbonyl (C=O) groups is 1. The molecular formula is C27H42ClNO2. The minimum absolute atomic E-state index is 0.164. The second kappa shape index (κ2) is 7.19. The summed E-state index contributed by atoms with van der Waals surface area (Å²) in [6.07, 6.45) is 10.0. The molecule has 6 aliphatic rings. The molecular weight excluding hydrogens is 406 g/mol. The van der Waals surface area contributed by atoms with E-state index in [1.54, 1.807) is 0 Å². The second-order valence-corrected chi connectivity index (χ2v) is 13.8. The van der Waals surface area contributed by atoms with Crippen molar-refractivity contribution in [1.29, 1.82) is 0 Å². The van der Waals surface area contributed by atoms with Crippen LogP contribution in [-0.2, 0) is 4.79 Å². The molecule has 0 unspecified atom stereocenters. The Kier molecular flexibility index (Phi) is 4.97. The molecule has 0 aromatic rings. The molecule has 174 valence electrons. The van der Waals surface area contributed by atoms with Crippen molar-refractivity contribution in [2.24, 2.45) is 52.8 Å². The molecule has 2 heterocycles. The van der Waals surface area contributed by atoms with Gasteiger partial charge in [-0.3, -0.25) is 9.69 Å². The first kappa shape index (κ1) is 21.4. The van der Waals surface area contributed by atoms with Crippen LogP contribution in [0.3, 0.4) is 0 Å². The predicted octanol–water partition coefficient (Wildman–Crippen LogP) is 5.13. The highest BCUT2D eigenvalue weighted by atomic mass is 35.5. The number of rotatable bonds is 0. The Balaban J connectivity index is 1.31. The predicted molar refractivity (Wildman–Crippen MR) is 124 cm³/mol. The van der Waals surface area contributed by atoms with Crippen molar-refractivity contribution in [3.63, 3.8) is 0 Å². The Morgan fingerprint density at radius 1 is 0.935 bits per heavy atom. The summed E-state index contributed by atoms with van der Waals surface area (Å²) in [5.74, 6) is 5.22. The SMILES string of the molecule is C[C@H]1CC[C@@H]2N(C1)C[C@H]1[C@@H]3C[C@H]4[C@@H](CC(=O)[C@H]5C[C@@H](Cl)CC[C@@]54C)[C@H]3CC[C@H]1[C@]2(C)O. The van der Waals surface area contributed by atoms with E-state index < -0.39 is 5.60 Å². The molecule has 2 aliphatic heterocycles. The van der Waals surface area contributed by atoms with Crippen molar-refractivity contribution in [3.05, 3.63) is 0 Å². The third-order valence-electron chi connectivity index (χ3n) is 11.8. The molecule has 0 amide bonds. The summed E-state index contributed by atoms with van der Waals surface area (Å²) in [5, 5.41) is 12.0. The number of aliphatic hydroxyl groups is 1. The number of ketones is 1. The molecule has 2 saturated heterocycles. The third-order valence-corrected chi connectivity index (χ3v) is 12.2. The van der Waals surface area contributed by atoms with Gasteiger partial charge in [0, 0.05) is 36.8 Å². The number of Topliss-reactive ketones (excluding diaryl/α,β-unsaturated/α-hetero) is 1. The summed E-state index contributed by atoms with van der Waals surface area (Å²) in [4.78, 5) is 16.0. The highest BCUT2D eigenvalue weighted by Gasteiger charge is 2.64. The van der Waals surface area contributed by atoms with Crippen LogP contribution in [0.4, 0.5) is 0 Å². The fourth-order valence-electron chi connectivity index (χ4n) is 10.3. The first-order chi connectivity index (χ1) is 14.7. The number of alkyl halides is 1. The van der Waals surface area contributed by atoms with E-state index in [1.165, 1.54) is 32.2 Å². The number of piperidine rings is 2. The number of carbonyl (C=O) groups excluding carboxylic acids is 1. The molecule has 0 radical (unpaired) electrons. The average Bonchev–Trinajstić information content (AvgIpc) is 3.09. The van der Waals surface area contributed by atoms with Crippen LogP contribution in [0.25, 0.3) is 0 Å². The Labute approximate surface area is 193 Å². The number of halogens is 1. The van der Waals surface area contributed by atoms with Gasteiger partial charge in [-0.05, 0) is 105 Å². The van der Waals surface area contributed by atoms with Crippen LogP contribution < -0.4 is 0 Å². The lowest BCUT2D eigenvalue weighted by Crippen LogP contribution is -2.67. The lowest BCUT2D eigenvalue weighted by atomic mass is 9.52. The Morgan fingerprint density at radius 3 is 2.55 bits per heavy atom. The van der Waals surface area contributed by atoms with Crippen LogP contribution in [0.5, 0.6) is 0 Å². The molecule has 12 atom stereocenters. The molecule has 6 fully saturated rings. The second-order valence-electron chi connectivity index (χ2n) is 13.2. The van der Waals surface area contributed by atoms with Gasteiger partial charge in [0.25, 0.3) is 0 Å². The van der Waals surface area contributed by atoms with E-state index in [9.17, 15) is 9.90 Å². The van der Waals surface area contributed by atoms with Crippen LogP contribution >= 0.6 is 11.6 Å². The van der Waals surface area contributed by atoms with Crippen LogP contribution in [-0.4, -0.2) is 45.9 Å². The summed E-state index contributed by atoms with van der Waals surface area (Å²) < 4.78 is 0. The first-order valence-corrected chi connectivity index (χ1v) is 13.8. The summed E-state index contributed by atoms with van der Waals surface area (Å²) in [5.41, 5.74) is -0.391. The molecule has 1 N–H and O–H groups in total. The molecule has 3 nitrogen and oxygen atoms in total. The quantitative estimate of drug-likeness (QED) is 0.523. The molecule has 4 aliphatic carbocycles. The van der Waals surface area contributed by atoms with Crippen LogP contribution in [0.15, 0.2) is 0 Å². The third kappa shape index (κ3) is 3.01. The maximum atomic E-state index is 13.3. The lowest BCUT2D eigenvalue weighted by molar-refractivity contribution is -0.175. The topological polar surface area (TPSA) is 40.5 Å². The van der Waals surface area contributed by atoms with Gasteiger partial charge in [0.1, 0.15) is 5.78 Å². The Bertz CT molecular complexity index is 754. The minimum Gasteiger partial charge on any atom is -0.388 e. The molecule has 0 bridgehead atoms. The molecule has 31 heavy (non-hydrogen) atoms. The van der Waals surface area contributed by atoms with E-state index in [-0.39, 0.29) is 16.7 Å². The summed E-state index contributed by atoms with van der Waals surface area (Å²) in [6, 6.07) is 0.354. The van der Waals surface area contributed by atoms with Gasteiger partial charge < -0.3 is 5.11 Å². The van der Waals surface area contributed by atoms with Crippen LogP contribution in [0, 0.1) is 52.8 Å². The molecule has 0 aromatic heterocycles. The lowest BCUT2D eigenvalue weighted by Gasteiger charge is -2.59. The number of nitrogens with zero attached hydrogens (tertiary/aromatic N) is 1. The van der Waals surface area contributed by atoms with Crippen molar-refractivity contribution in [1.82, 2.24) is 4.90 Å². The summed E-state index contributed by atoms with van der Waals surface area (Å²) >= 11 is 6.54. The molecule has 0 spiro atoms. The maximum Gasteiger partial charge on any atom is 0.136 e. The summed E-state index contributed by atoms with van der Waals surface area (Å²) in [6.45, 7) is 9.34. The molecule has 0 aromatic carbocycles. The van der Waals surface area contributed by atoms with Crippen molar-refractivity contribution in [3.8, 4) is 0 Å². The van der Waals surface area contributed by atoms with E-state index >= 15 is 0 Å². The van der Waals surface area contributed by atoms with Crippen molar-refractivity contribution in [2.45, 2.75) is 95.6 Å². The zero-order valence-corrected chi connectivity index (χ0v) is 20.5. The highest BCUT2D eigenvalue weighted by molar-refractivity contribution is 6.20. The number of hydrogen-bond acceptors (Lipinski definition) is 3. The minimum atomic E-state index is -0.555. The highest BCUT2D eigenvalue weighted by Crippen LogP contribution is 2.66. The van der Waals surface area contributed by atoms with E-state index in [0.29, 0.717) is 47.3 Å². The van der Waals surface area contributed by atoms with E-state index in [4.69, 9.17) is 11.6 Å². The van der Waals surface area contributed by atoms with Gasteiger partial charge in [0.05, 0.1) is 5.60 Å². The molecule has 4 heteroatoms. The van der Waals surface area contributed by atoms with Gasteiger partial charge in [0.2, 0.25) is 0 Å². The largest absolute Gasteiger partial charge is 0.388 e. The smallest absolute Gasteiger partial charge is 0.136 e. The number of hydrogen-bond donors (Lipinski definition) is 1. The normalized spacial score (nSPS) is 59.2. The van der Waals surface area contributed by atoms with E-state index in [0.717, 1.165) is 44.6 Å². The summed E-state index contributed by atoms with van der Waals surface area (Å²) in [7, 11) is 0. The van der Waals surface area contributed by atoms with Gasteiger partial charge >= 0.3 is 0 Å². The molecule has 4 saturated carbocycles. The van der Waals surface area contributed by atoms with Gasteiger partial charge in [0.15, 0.2) is 0 Å². The van der Waals surface area contributed by atoms with Crippen molar-refractivity contribution in [2.75, 3.05) is 13.1 Å². The van der Waals surface area contributed by atoms with Crippen LogP contribution in [0.2, 0.25) is 0 Å². The molecule has 6 rings (SSSR count). The number of fused-ring (bicyclic) bond motifs is 8. The zero-order chi connectivity index (χ0) is 21.7. The maximum absolute atomic E-state index is 13.3. The van der Waals surface area contributed by atoms with Crippen molar-refractivity contribution < 1.29 is 9.90 Å². The standard InChI is InChI=1S/C27H42ClNO2/c1-15-4-7-25-27(3,31)21-6-5-17-18(20(21)14-29(25)13-15)11-22-19(17)12-24(30)23-10-16(28)8-9-26(22,23)2/h15-23,25,31H,4-14H2,1-3H3/t15-,16-,17-,18+,19-,20-,21+,22-,23+,25-,26+,27-/m0/s1. The van der Waals surface area contributed by atoms with E-state index in [2.05, 4.69) is 25.7 Å². The van der Waals surface area contributed by atoms with Crippen LogP contribution in [0.1, 0.15) is 78.6 Å². The fraction of sp³-hybridized carbons (Fsp3) is 0.963. The van der Waals surface area contributed by atoms with Crippen molar-refractivity contribution >= 4 is 17.4 Å².